The summed E-state index contributed by atoms with van der Waals surface area (Å²) in [5.41, 5.74) is 0. The maximum atomic E-state index is 13.1. The Labute approximate surface area is 349 Å². The van der Waals surface area contributed by atoms with E-state index in [0.29, 0.717) is 19.3 Å². The average Bonchev–Trinajstić information content (AvgIpc) is 3.19. The fourth-order valence-corrected chi connectivity index (χ4v) is 8.08. The smallest absolute Gasteiger partial charge is 0.306 e. The Balaban J connectivity index is 4.42. The van der Waals surface area contributed by atoms with E-state index < -0.39 is 18.2 Å². The Bertz CT molecular complexity index is 806. The molecule has 6 nitrogen and oxygen atoms in total. The summed E-state index contributed by atoms with van der Waals surface area (Å²) in [6, 6.07) is -0.691. The molecular formula is C50H99NO5. The predicted molar refractivity (Wildman–Crippen MR) is 241 cm³/mol. The van der Waals surface area contributed by atoms with Gasteiger partial charge in [-0.1, -0.05) is 245 Å². The van der Waals surface area contributed by atoms with Gasteiger partial charge in [0.1, 0.15) is 6.10 Å². The Morgan fingerprint density at radius 2 is 0.750 bits per heavy atom. The Morgan fingerprint density at radius 1 is 0.446 bits per heavy atom. The van der Waals surface area contributed by atoms with Crippen molar-refractivity contribution in [1.82, 2.24) is 5.32 Å². The van der Waals surface area contributed by atoms with Crippen LogP contribution in [-0.2, 0) is 14.3 Å². The van der Waals surface area contributed by atoms with Gasteiger partial charge in [0.15, 0.2) is 0 Å². The van der Waals surface area contributed by atoms with E-state index in [2.05, 4.69) is 26.1 Å². The van der Waals surface area contributed by atoms with Crippen LogP contribution in [0.1, 0.15) is 284 Å². The molecule has 0 heterocycles. The number of rotatable bonds is 46. The Kier molecular flexibility index (Phi) is 44.0. The second-order valence-corrected chi connectivity index (χ2v) is 17.6. The van der Waals surface area contributed by atoms with Gasteiger partial charge in [0.25, 0.3) is 0 Å². The van der Waals surface area contributed by atoms with Gasteiger partial charge in [-0.2, -0.15) is 0 Å². The second kappa shape index (κ2) is 45.0. The highest BCUT2D eigenvalue weighted by Crippen LogP contribution is 2.18. The summed E-state index contributed by atoms with van der Waals surface area (Å²) in [6.07, 6.45) is 47.3. The van der Waals surface area contributed by atoms with Crippen LogP contribution >= 0.6 is 0 Å². The van der Waals surface area contributed by atoms with E-state index in [4.69, 9.17) is 4.74 Å². The van der Waals surface area contributed by atoms with Crippen LogP contribution in [0, 0.1) is 0 Å². The molecule has 3 N–H and O–H groups in total. The van der Waals surface area contributed by atoms with Gasteiger partial charge in [0, 0.05) is 6.42 Å². The molecule has 0 radical (unpaired) electrons. The molecule has 0 saturated heterocycles. The number of carbonyl (C=O) groups excluding carboxylic acids is 2. The molecule has 0 aliphatic rings. The van der Waals surface area contributed by atoms with E-state index in [-0.39, 0.29) is 24.9 Å². The highest BCUT2D eigenvalue weighted by molar-refractivity contribution is 5.77. The molecule has 0 rings (SSSR count). The summed E-state index contributed by atoms with van der Waals surface area (Å²) in [7, 11) is 0. The van der Waals surface area contributed by atoms with Gasteiger partial charge in [-0.15, -0.1) is 0 Å². The minimum atomic E-state index is -0.778. The van der Waals surface area contributed by atoms with Crippen LogP contribution < -0.4 is 5.32 Å². The highest BCUT2D eigenvalue weighted by atomic mass is 16.5. The maximum Gasteiger partial charge on any atom is 0.306 e. The van der Waals surface area contributed by atoms with E-state index in [1.54, 1.807) is 0 Å². The molecule has 334 valence electrons. The average molecular weight is 794 g/mol. The van der Waals surface area contributed by atoms with Crippen molar-refractivity contribution in [2.24, 2.45) is 0 Å². The first-order valence-corrected chi connectivity index (χ1v) is 25.3. The molecule has 56 heavy (non-hydrogen) atoms. The third-order valence-electron chi connectivity index (χ3n) is 11.9. The molecule has 6 heteroatoms. The fourth-order valence-electron chi connectivity index (χ4n) is 8.08. The minimum Gasteiger partial charge on any atom is -0.462 e. The number of nitrogens with one attached hydrogen (secondary N) is 1. The normalized spacial score (nSPS) is 13.2. The number of unbranched alkanes of at least 4 members (excludes halogenated alkanes) is 34. The number of hydrogen-bond donors (Lipinski definition) is 3. The molecular weight excluding hydrogens is 695 g/mol. The summed E-state index contributed by atoms with van der Waals surface area (Å²) < 4.78 is 5.91. The van der Waals surface area contributed by atoms with Crippen LogP contribution in [-0.4, -0.2) is 46.9 Å². The van der Waals surface area contributed by atoms with Gasteiger partial charge in [-0.3, -0.25) is 9.59 Å². The van der Waals surface area contributed by atoms with Crippen molar-refractivity contribution < 1.29 is 24.5 Å². The second-order valence-electron chi connectivity index (χ2n) is 17.6. The van der Waals surface area contributed by atoms with Gasteiger partial charge < -0.3 is 20.3 Å². The molecule has 3 unspecified atom stereocenters. The quantitative estimate of drug-likeness (QED) is 0.0421. The SMILES string of the molecule is CCCCCCCCCCCCCCCCC(=O)OC(CCCCCCCCCCC)CC(=O)NC(CO)C(O)CCCCCCCCCCCCCCCC. The maximum absolute atomic E-state index is 13.1. The topological polar surface area (TPSA) is 95.9 Å². The fraction of sp³-hybridized carbons (Fsp3) is 0.960. The first-order chi connectivity index (χ1) is 27.5. The first-order valence-electron chi connectivity index (χ1n) is 25.3. The Hall–Kier alpha value is -1.14. The zero-order valence-corrected chi connectivity index (χ0v) is 38.0. The van der Waals surface area contributed by atoms with E-state index >= 15 is 0 Å². The van der Waals surface area contributed by atoms with Gasteiger partial charge in [-0.05, 0) is 25.7 Å². The molecule has 0 aliphatic heterocycles. The van der Waals surface area contributed by atoms with Gasteiger partial charge >= 0.3 is 5.97 Å². The van der Waals surface area contributed by atoms with Gasteiger partial charge in [-0.25, -0.2) is 0 Å². The van der Waals surface area contributed by atoms with Crippen molar-refractivity contribution in [3.63, 3.8) is 0 Å². The van der Waals surface area contributed by atoms with Crippen molar-refractivity contribution in [3.05, 3.63) is 0 Å². The summed E-state index contributed by atoms with van der Waals surface area (Å²) in [5.74, 6) is -0.455. The lowest BCUT2D eigenvalue weighted by Crippen LogP contribution is -2.46. The van der Waals surface area contributed by atoms with Crippen molar-refractivity contribution in [3.8, 4) is 0 Å². The molecule has 0 spiro atoms. The van der Waals surface area contributed by atoms with E-state index in [0.717, 1.165) is 38.5 Å². The third kappa shape index (κ3) is 39.7. The van der Waals surface area contributed by atoms with E-state index in [1.165, 1.54) is 199 Å². The summed E-state index contributed by atoms with van der Waals surface area (Å²) in [6.45, 7) is 6.49. The molecule has 0 bridgehead atoms. The largest absolute Gasteiger partial charge is 0.462 e. The predicted octanol–water partition coefficient (Wildman–Crippen LogP) is 14.8. The van der Waals surface area contributed by atoms with Crippen molar-refractivity contribution in [1.29, 1.82) is 0 Å². The first kappa shape index (κ1) is 54.9. The van der Waals surface area contributed by atoms with Crippen molar-refractivity contribution >= 4 is 11.9 Å². The summed E-state index contributed by atoms with van der Waals surface area (Å²) >= 11 is 0. The minimum absolute atomic E-state index is 0.0869. The van der Waals surface area contributed by atoms with Crippen molar-refractivity contribution in [2.75, 3.05) is 6.61 Å². The lowest BCUT2D eigenvalue weighted by molar-refractivity contribution is -0.151. The number of esters is 1. The van der Waals surface area contributed by atoms with Gasteiger partial charge in [0.2, 0.25) is 5.91 Å². The highest BCUT2D eigenvalue weighted by Gasteiger charge is 2.24. The van der Waals surface area contributed by atoms with Crippen LogP contribution in [0.3, 0.4) is 0 Å². The lowest BCUT2D eigenvalue weighted by Gasteiger charge is -2.24. The van der Waals surface area contributed by atoms with E-state index in [9.17, 15) is 19.8 Å². The number of amides is 1. The summed E-state index contributed by atoms with van der Waals surface area (Å²) in [4.78, 5) is 26.0. The standard InChI is InChI=1S/C50H99NO5/c1-4-7-10-13-16-19-21-23-25-27-30-33-36-39-42-48(53)47(45-52)51-49(54)44-46(41-38-35-32-29-18-15-12-9-6-3)56-50(55)43-40-37-34-31-28-26-24-22-20-17-14-11-8-5-2/h46-48,52-53H,4-45H2,1-3H3,(H,51,54). The van der Waals surface area contributed by atoms with Crippen LogP contribution in [0.5, 0.6) is 0 Å². The van der Waals surface area contributed by atoms with Crippen molar-refractivity contribution in [2.45, 2.75) is 302 Å². The molecule has 0 fully saturated rings. The van der Waals surface area contributed by atoms with Crippen LogP contribution in [0.4, 0.5) is 0 Å². The van der Waals surface area contributed by atoms with Crippen LogP contribution in [0.15, 0.2) is 0 Å². The Morgan fingerprint density at radius 3 is 1.09 bits per heavy atom. The number of aliphatic hydroxyl groups is 2. The molecule has 0 aromatic heterocycles. The number of carbonyl (C=O) groups is 2. The number of ether oxygens (including phenoxy) is 1. The number of aliphatic hydroxyl groups excluding tert-OH is 2. The van der Waals surface area contributed by atoms with Gasteiger partial charge in [0.05, 0.1) is 25.2 Å². The van der Waals surface area contributed by atoms with Crippen LogP contribution in [0.25, 0.3) is 0 Å². The molecule has 3 atom stereocenters. The van der Waals surface area contributed by atoms with Crippen LogP contribution in [0.2, 0.25) is 0 Å². The lowest BCUT2D eigenvalue weighted by atomic mass is 10.0. The number of hydrogen-bond acceptors (Lipinski definition) is 5. The summed E-state index contributed by atoms with van der Waals surface area (Å²) in [5, 5.41) is 23.7. The monoisotopic (exact) mass is 794 g/mol. The zero-order chi connectivity index (χ0) is 41.0. The third-order valence-corrected chi connectivity index (χ3v) is 11.9. The molecule has 0 saturated carbocycles. The molecule has 0 aromatic rings. The zero-order valence-electron chi connectivity index (χ0n) is 38.0. The molecule has 0 aliphatic carbocycles. The van der Waals surface area contributed by atoms with E-state index in [1.807, 2.05) is 0 Å². The molecule has 0 aromatic carbocycles. The molecule has 1 amide bonds.